The Kier molecular flexibility index (Phi) is 4.14. The second-order valence-corrected chi connectivity index (χ2v) is 4.85. The van der Waals surface area contributed by atoms with Gasteiger partial charge in [-0.05, 0) is 42.7 Å². The molecular weight excluding hydrogens is 276 g/mol. The summed E-state index contributed by atoms with van der Waals surface area (Å²) in [6.07, 6.45) is 8.08. The molecule has 1 N–H and O–H groups in total. The molecule has 3 rings (SSSR count). The van der Waals surface area contributed by atoms with Gasteiger partial charge >= 0.3 is 0 Å². The summed E-state index contributed by atoms with van der Waals surface area (Å²) in [4.78, 5) is 13.2. The summed E-state index contributed by atoms with van der Waals surface area (Å²) in [5.41, 5.74) is 4.00. The minimum absolute atomic E-state index is 0.602. The van der Waals surface area contributed by atoms with E-state index in [1.54, 1.807) is 12.5 Å². The number of anilines is 1. The lowest BCUT2D eigenvalue weighted by Crippen LogP contribution is -2.04. The molecule has 0 spiro atoms. The van der Waals surface area contributed by atoms with Crippen LogP contribution >= 0.6 is 0 Å². The summed E-state index contributed by atoms with van der Waals surface area (Å²) < 4.78 is 5.55. The van der Waals surface area contributed by atoms with Gasteiger partial charge in [0.1, 0.15) is 5.69 Å². The van der Waals surface area contributed by atoms with E-state index >= 15 is 0 Å². The number of nitrogens with one attached hydrogen (secondary N) is 1. The lowest BCUT2D eigenvalue weighted by Gasteiger charge is -2.12. The third-order valence-electron chi connectivity index (χ3n) is 3.45. The summed E-state index contributed by atoms with van der Waals surface area (Å²) >= 11 is 0. The molecule has 3 aromatic heterocycles. The minimum Gasteiger partial charge on any atom is -0.463 e. The van der Waals surface area contributed by atoms with E-state index in [0.29, 0.717) is 5.95 Å². The van der Waals surface area contributed by atoms with Crippen molar-refractivity contribution in [1.82, 2.24) is 15.0 Å². The molecule has 0 aliphatic heterocycles. The van der Waals surface area contributed by atoms with Crippen molar-refractivity contribution in [2.75, 3.05) is 11.9 Å². The second-order valence-electron chi connectivity index (χ2n) is 4.85. The van der Waals surface area contributed by atoms with Crippen LogP contribution in [0.15, 0.2) is 47.5 Å². The molecule has 0 amide bonds. The van der Waals surface area contributed by atoms with E-state index in [0.717, 1.165) is 41.1 Å². The van der Waals surface area contributed by atoms with Gasteiger partial charge in [-0.3, -0.25) is 4.98 Å². The van der Waals surface area contributed by atoms with Crippen molar-refractivity contribution >= 4 is 5.95 Å². The fraction of sp³-hybridized carbons (Fsp3) is 0.235. The highest BCUT2D eigenvalue weighted by atomic mass is 16.3. The largest absolute Gasteiger partial charge is 0.463 e. The van der Waals surface area contributed by atoms with Gasteiger partial charge in [0.2, 0.25) is 5.95 Å². The van der Waals surface area contributed by atoms with Crippen LogP contribution in [0.2, 0.25) is 0 Å². The number of aromatic nitrogens is 3. The lowest BCUT2D eigenvalue weighted by molar-refractivity contribution is 0.580. The van der Waals surface area contributed by atoms with Gasteiger partial charge in [0.15, 0.2) is 5.76 Å². The van der Waals surface area contributed by atoms with Crippen LogP contribution < -0.4 is 5.32 Å². The van der Waals surface area contributed by atoms with Gasteiger partial charge in [-0.1, -0.05) is 6.92 Å². The standard InChI is InChI=1S/C17H18N4O/c1-3-12-10-18-8-7-13(12)14-11-20-17(19-4-2)21-16(14)15-6-5-9-22-15/h5-11H,3-4H2,1-2H3,(H,19,20,21). The first kappa shape index (κ1) is 14.3. The molecule has 0 saturated carbocycles. The zero-order valence-corrected chi connectivity index (χ0v) is 12.7. The van der Waals surface area contributed by atoms with Gasteiger partial charge in [-0.15, -0.1) is 0 Å². The Morgan fingerprint density at radius 3 is 2.77 bits per heavy atom. The van der Waals surface area contributed by atoms with Crippen molar-refractivity contribution in [2.45, 2.75) is 20.3 Å². The van der Waals surface area contributed by atoms with E-state index in [9.17, 15) is 0 Å². The maximum Gasteiger partial charge on any atom is 0.223 e. The average molecular weight is 294 g/mol. The second kappa shape index (κ2) is 6.39. The molecule has 0 radical (unpaired) electrons. The summed E-state index contributed by atoms with van der Waals surface area (Å²) in [7, 11) is 0. The topological polar surface area (TPSA) is 63.8 Å². The fourth-order valence-electron chi connectivity index (χ4n) is 2.39. The van der Waals surface area contributed by atoms with Gasteiger partial charge in [-0.2, -0.15) is 0 Å². The molecule has 0 aliphatic carbocycles. The molecule has 0 bridgehead atoms. The molecule has 0 atom stereocenters. The fourth-order valence-corrected chi connectivity index (χ4v) is 2.39. The van der Waals surface area contributed by atoms with Crippen LogP contribution in [0.1, 0.15) is 19.4 Å². The van der Waals surface area contributed by atoms with Crippen molar-refractivity contribution in [3.63, 3.8) is 0 Å². The Balaban J connectivity index is 2.18. The molecule has 3 aromatic rings. The number of furan rings is 1. The Hall–Kier alpha value is -2.69. The van der Waals surface area contributed by atoms with E-state index in [-0.39, 0.29) is 0 Å². The van der Waals surface area contributed by atoms with Crippen LogP contribution in [0.3, 0.4) is 0 Å². The predicted octanol–water partition coefficient (Wildman–Crippen LogP) is 3.79. The van der Waals surface area contributed by atoms with Gasteiger partial charge in [-0.25, -0.2) is 9.97 Å². The van der Waals surface area contributed by atoms with Crippen molar-refractivity contribution < 1.29 is 4.42 Å². The van der Waals surface area contributed by atoms with Gasteiger partial charge in [0.25, 0.3) is 0 Å². The van der Waals surface area contributed by atoms with Gasteiger partial charge in [0, 0.05) is 30.7 Å². The maximum atomic E-state index is 5.55. The SMILES string of the molecule is CCNc1ncc(-c2ccncc2CC)c(-c2ccco2)n1. The lowest BCUT2D eigenvalue weighted by atomic mass is 9.99. The first-order valence-electron chi connectivity index (χ1n) is 7.41. The number of nitrogens with zero attached hydrogens (tertiary/aromatic N) is 3. The third kappa shape index (κ3) is 2.70. The molecule has 5 nitrogen and oxygen atoms in total. The highest BCUT2D eigenvalue weighted by Gasteiger charge is 2.15. The quantitative estimate of drug-likeness (QED) is 0.775. The number of hydrogen-bond acceptors (Lipinski definition) is 5. The van der Waals surface area contributed by atoms with Crippen molar-refractivity contribution in [1.29, 1.82) is 0 Å². The predicted molar refractivity (Wildman–Crippen MR) is 86.5 cm³/mol. The Bertz CT molecular complexity index is 753. The summed E-state index contributed by atoms with van der Waals surface area (Å²) in [6, 6.07) is 5.77. The van der Waals surface area contributed by atoms with Crippen molar-refractivity contribution in [2.24, 2.45) is 0 Å². The first-order chi connectivity index (χ1) is 10.8. The van der Waals surface area contributed by atoms with Crippen molar-refractivity contribution in [3.05, 3.63) is 48.6 Å². The highest BCUT2D eigenvalue weighted by Crippen LogP contribution is 2.32. The van der Waals surface area contributed by atoms with E-state index in [4.69, 9.17) is 4.42 Å². The Labute approximate surface area is 129 Å². The smallest absolute Gasteiger partial charge is 0.223 e. The van der Waals surface area contributed by atoms with Crippen LogP contribution in [0.4, 0.5) is 5.95 Å². The molecule has 112 valence electrons. The minimum atomic E-state index is 0.602. The average Bonchev–Trinajstić information content (AvgIpc) is 3.09. The van der Waals surface area contributed by atoms with Crippen LogP contribution in [-0.4, -0.2) is 21.5 Å². The maximum absolute atomic E-state index is 5.55. The summed E-state index contributed by atoms with van der Waals surface area (Å²) in [5, 5.41) is 3.14. The Morgan fingerprint density at radius 2 is 2.05 bits per heavy atom. The third-order valence-corrected chi connectivity index (χ3v) is 3.45. The molecule has 3 heterocycles. The molecule has 5 heteroatoms. The molecule has 0 saturated heterocycles. The normalized spacial score (nSPS) is 10.6. The van der Waals surface area contributed by atoms with E-state index in [1.165, 1.54) is 0 Å². The van der Waals surface area contributed by atoms with Crippen LogP contribution in [0, 0.1) is 0 Å². The van der Waals surface area contributed by atoms with Crippen molar-refractivity contribution in [3.8, 4) is 22.6 Å². The first-order valence-corrected chi connectivity index (χ1v) is 7.41. The van der Waals surface area contributed by atoms with Crippen LogP contribution in [0.5, 0.6) is 0 Å². The van der Waals surface area contributed by atoms with Gasteiger partial charge in [0.05, 0.1) is 6.26 Å². The molecule has 0 unspecified atom stereocenters. The molecule has 0 fully saturated rings. The number of aryl methyl sites for hydroxylation is 1. The Morgan fingerprint density at radius 1 is 1.14 bits per heavy atom. The number of rotatable bonds is 5. The molecular formula is C17H18N4O. The van der Waals surface area contributed by atoms with Crippen LogP contribution in [-0.2, 0) is 6.42 Å². The molecule has 0 aliphatic rings. The summed E-state index contributed by atoms with van der Waals surface area (Å²) in [6.45, 7) is 4.90. The molecule has 22 heavy (non-hydrogen) atoms. The molecule has 0 aromatic carbocycles. The van der Waals surface area contributed by atoms with Crippen LogP contribution in [0.25, 0.3) is 22.6 Å². The number of pyridine rings is 1. The zero-order valence-electron chi connectivity index (χ0n) is 12.7. The van der Waals surface area contributed by atoms with E-state index in [1.807, 2.05) is 37.5 Å². The van der Waals surface area contributed by atoms with Gasteiger partial charge < -0.3 is 9.73 Å². The zero-order chi connectivity index (χ0) is 15.4. The highest BCUT2D eigenvalue weighted by molar-refractivity contribution is 5.80. The van der Waals surface area contributed by atoms with E-state index in [2.05, 4.69) is 27.2 Å². The van der Waals surface area contributed by atoms with E-state index < -0.39 is 0 Å². The number of hydrogen-bond donors (Lipinski definition) is 1. The summed E-state index contributed by atoms with van der Waals surface area (Å²) in [5.74, 6) is 1.33. The monoisotopic (exact) mass is 294 g/mol.